The van der Waals surface area contributed by atoms with E-state index >= 15 is 0 Å². The highest BCUT2D eigenvalue weighted by molar-refractivity contribution is 5.95. The lowest BCUT2D eigenvalue weighted by molar-refractivity contribution is -0.384. The molecule has 1 aliphatic heterocycles. The van der Waals surface area contributed by atoms with Crippen molar-refractivity contribution in [3.8, 4) is 5.75 Å². The number of halogens is 1. The number of non-ortho nitro benzene ring substituents is 1. The highest BCUT2D eigenvalue weighted by Gasteiger charge is 2.32. The maximum atomic E-state index is 14.2. The summed E-state index contributed by atoms with van der Waals surface area (Å²) in [7, 11) is 1.59. The monoisotopic (exact) mass is 432 g/mol. The number of hydrogen-bond donors (Lipinski definition) is 0. The summed E-state index contributed by atoms with van der Waals surface area (Å²) in [6.45, 7) is 1.50. The fraction of sp³-hybridized carbons (Fsp3) is 0.160. The number of Topliss-reactive ketones (excluding diaryl/α,β-unsaturated/α-hetero) is 1. The number of anilines is 1. The van der Waals surface area contributed by atoms with Crippen molar-refractivity contribution < 1.29 is 18.8 Å². The van der Waals surface area contributed by atoms with E-state index in [-0.39, 0.29) is 23.7 Å². The van der Waals surface area contributed by atoms with Crippen LogP contribution in [0.1, 0.15) is 36.1 Å². The van der Waals surface area contributed by atoms with Gasteiger partial charge < -0.3 is 9.64 Å². The predicted molar refractivity (Wildman–Crippen MR) is 121 cm³/mol. The van der Waals surface area contributed by atoms with Gasteiger partial charge in [-0.15, -0.1) is 0 Å². The Morgan fingerprint density at radius 2 is 1.78 bits per heavy atom. The molecule has 1 heterocycles. The number of ketones is 1. The van der Waals surface area contributed by atoms with Crippen LogP contribution in [0.25, 0.3) is 11.8 Å². The third-order valence-corrected chi connectivity index (χ3v) is 5.48. The van der Waals surface area contributed by atoms with Gasteiger partial charge in [0.25, 0.3) is 5.69 Å². The minimum absolute atomic E-state index is 0.0321. The van der Waals surface area contributed by atoms with Crippen molar-refractivity contribution in [2.75, 3.05) is 12.0 Å². The van der Waals surface area contributed by atoms with Gasteiger partial charge in [0.2, 0.25) is 0 Å². The van der Waals surface area contributed by atoms with E-state index in [4.69, 9.17) is 4.74 Å². The zero-order chi connectivity index (χ0) is 22.8. The molecule has 0 radical (unpaired) electrons. The van der Waals surface area contributed by atoms with Crippen LogP contribution >= 0.6 is 0 Å². The second-order valence-corrected chi connectivity index (χ2v) is 7.60. The maximum absolute atomic E-state index is 14.2. The highest BCUT2D eigenvalue weighted by Crippen LogP contribution is 2.44. The second-order valence-electron chi connectivity index (χ2n) is 7.60. The molecule has 0 aliphatic carbocycles. The molecule has 0 saturated carbocycles. The van der Waals surface area contributed by atoms with Gasteiger partial charge >= 0.3 is 0 Å². The average Bonchev–Trinajstić information content (AvgIpc) is 2.79. The molecule has 1 atom stereocenters. The number of nitro benzene ring substituents is 1. The van der Waals surface area contributed by atoms with Gasteiger partial charge in [0, 0.05) is 29.9 Å². The molecule has 0 bridgehead atoms. The molecule has 1 aliphatic rings. The van der Waals surface area contributed by atoms with E-state index in [1.54, 1.807) is 25.3 Å². The van der Waals surface area contributed by atoms with Crippen molar-refractivity contribution in [2.45, 2.75) is 19.4 Å². The van der Waals surface area contributed by atoms with E-state index in [1.807, 2.05) is 35.2 Å². The Labute approximate surface area is 184 Å². The van der Waals surface area contributed by atoms with Gasteiger partial charge in [-0.3, -0.25) is 14.9 Å². The first-order chi connectivity index (χ1) is 15.4. The molecule has 0 saturated heterocycles. The second kappa shape index (κ2) is 8.63. The summed E-state index contributed by atoms with van der Waals surface area (Å²) in [6, 6.07) is 17.7. The van der Waals surface area contributed by atoms with Gasteiger partial charge in [-0.25, -0.2) is 4.39 Å². The minimum atomic E-state index is -0.471. The van der Waals surface area contributed by atoms with Crippen LogP contribution in [0.4, 0.5) is 15.8 Å². The lowest BCUT2D eigenvalue weighted by Gasteiger charge is -2.39. The van der Waals surface area contributed by atoms with Gasteiger partial charge in [0.15, 0.2) is 0 Å². The van der Waals surface area contributed by atoms with Crippen LogP contribution < -0.4 is 9.64 Å². The van der Waals surface area contributed by atoms with E-state index in [2.05, 4.69) is 0 Å². The molecular weight excluding hydrogens is 411 g/mol. The Bertz CT molecular complexity index is 1200. The van der Waals surface area contributed by atoms with E-state index in [9.17, 15) is 19.3 Å². The molecule has 3 aromatic rings. The normalized spacial score (nSPS) is 15.0. The number of ether oxygens (including phenoxy) is 1. The van der Waals surface area contributed by atoms with Gasteiger partial charge in [-0.1, -0.05) is 6.07 Å². The number of fused-ring (bicyclic) bond motifs is 1. The van der Waals surface area contributed by atoms with Crippen molar-refractivity contribution in [2.24, 2.45) is 0 Å². The lowest BCUT2D eigenvalue weighted by atomic mass is 9.88. The summed E-state index contributed by atoms with van der Waals surface area (Å²) in [4.78, 5) is 24.8. The third-order valence-electron chi connectivity index (χ3n) is 5.48. The summed E-state index contributed by atoms with van der Waals surface area (Å²) < 4.78 is 19.4. The van der Waals surface area contributed by atoms with Crippen LogP contribution in [-0.2, 0) is 4.79 Å². The van der Waals surface area contributed by atoms with Crippen molar-refractivity contribution in [1.82, 2.24) is 0 Å². The molecule has 32 heavy (non-hydrogen) atoms. The molecule has 4 rings (SSSR count). The first kappa shape index (κ1) is 21.2. The maximum Gasteiger partial charge on any atom is 0.269 e. The SMILES string of the molecule is COc1ccc(C2=Cc3ccc(F)cc3C(CC(C)=O)N2c2ccc([N+](=O)[O-])cc2)cc1. The van der Waals surface area contributed by atoms with Crippen molar-refractivity contribution in [3.05, 3.63) is 99.4 Å². The molecule has 7 heteroatoms. The molecular formula is C25H21FN2O4. The zero-order valence-electron chi connectivity index (χ0n) is 17.6. The fourth-order valence-electron chi connectivity index (χ4n) is 4.00. The molecule has 0 N–H and O–H groups in total. The van der Waals surface area contributed by atoms with Gasteiger partial charge in [-0.05, 0) is 78.2 Å². The predicted octanol–water partition coefficient (Wildman–Crippen LogP) is 5.78. The number of rotatable bonds is 6. The fourth-order valence-corrected chi connectivity index (χ4v) is 4.00. The molecule has 1 unspecified atom stereocenters. The van der Waals surface area contributed by atoms with E-state index in [1.165, 1.54) is 31.2 Å². The number of nitro groups is 1. The summed E-state index contributed by atoms with van der Waals surface area (Å²) in [5, 5.41) is 11.1. The Hall–Kier alpha value is -4.00. The molecule has 0 amide bonds. The van der Waals surface area contributed by atoms with Crippen LogP contribution in [0.2, 0.25) is 0 Å². The summed E-state index contributed by atoms with van der Waals surface area (Å²) in [5.41, 5.74) is 3.81. The molecule has 0 fully saturated rings. The van der Waals surface area contributed by atoms with Crippen LogP contribution in [0.15, 0.2) is 66.7 Å². The largest absolute Gasteiger partial charge is 0.497 e. The summed E-state index contributed by atoms with van der Waals surface area (Å²) in [5.74, 6) is 0.269. The molecule has 3 aromatic carbocycles. The van der Waals surface area contributed by atoms with Crippen LogP contribution in [-0.4, -0.2) is 17.8 Å². The van der Waals surface area contributed by atoms with Gasteiger partial charge in [0.1, 0.15) is 17.3 Å². The molecule has 0 aromatic heterocycles. The van der Waals surface area contributed by atoms with Crippen LogP contribution in [0.5, 0.6) is 5.75 Å². The van der Waals surface area contributed by atoms with E-state index in [0.717, 1.165) is 16.8 Å². The Morgan fingerprint density at radius 3 is 2.38 bits per heavy atom. The van der Waals surface area contributed by atoms with Crippen LogP contribution in [0, 0.1) is 15.9 Å². The number of carbonyl (C=O) groups excluding carboxylic acids is 1. The number of carbonyl (C=O) groups is 1. The average molecular weight is 432 g/mol. The van der Waals surface area contributed by atoms with Crippen molar-refractivity contribution in [1.29, 1.82) is 0 Å². The van der Waals surface area contributed by atoms with E-state index < -0.39 is 11.0 Å². The number of benzene rings is 3. The highest BCUT2D eigenvalue weighted by atomic mass is 19.1. The molecule has 162 valence electrons. The quantitative estimate of drug-likeness (QED) is 0.365. The Kier molecular flexibility index (Phi) is 5.73. The van der Waals surface area contributed by atoms with Crippen molar-refractivity contribution in [3.63, 3.8) is 0 Å². The van der Waals surface area contributed by atoms with Gasteiger partial charge in [-0.2, -0.15) is 0 Å². The standard InChI is InChI=1S/C25H21FN2O4/c1-16(29)13-25-23-15-19(26)6-3-18(23)14-24(17-4-11-22(32-2)12-5-17)27(25)20-7-9-21(10-8-20)28(30)31/h3-12,14-15,25H,13H2,1-2H3. The van der Waals surface area contributed by atoms with Gasteiger partial charge in [0.05, 0.1) is 18.1 Å². The molecule has 0 spiro atoms. The minimum Gasteiger partial charge on any atom is -0.497 e. The number of methoxy groups -OCH3 is 1. The topological polar surface area (TPSA) is 72.7 Å². The number of nitrogens with zero attached hydrogens (tertiary/aromatic N) is 2. The summed E-state index contributed by atoms with van der Waals surface area (Å²) in [6.07, 6.45) is 2.09. The first-order valence-corrected chi connectivity index (χ1v) is 10.1. The molecule has 6 nitrogen and oxygen atoms in total. The number of hydrogen-bond acceptors (Lipinski definition) is 5. The van der Waals surface area contributed by atoms with Crippen LogP contribution in [0.3, 0.4) is 0 Å². The van der Waals surface area contributed by atoms with E-state index in [0.29, 0.717) is 17.0 Å². The zero-order valence-corrected chi connectivity index (χ0v) is 17.6. The summed E-state index contributed by atoms with van der Waals surface area (Å²) >= 11 is 0. The Balaban J connectivity index is 1.92. The van der Waals surface area contributed by atoms with Crippen molar-refractivity contribution >= 4 is 28.9 Å². The lowest BCUT2D eigenvalue weighted by Crippen LogP contribution is -2.32. The Morgan fingerprint density at radius 1 is 1.09 bits per heavy atom. The third kappa shape index (κ3) is 4.09. The first-order valence-electron chi connectivity index (χ1n) is 10.1. The smallest absolute Gasteiger partial charge is 0.269 e.